The fourth-order valence-electron chi connectivity index (χ4n) is 1.55. The minimum absolute atomic E-state index is 0.270. The van der Waals surface area contributed by atoms with Gasteiger partial charge in [-0.1, -0.05) is 46.0 Å². The summed E-state index contributed by atoms with van der Waals surface area (Å²) in [5.74, 6) is 0. The van der Waals surface area contributed by atoms with Crippen LogP contribution in [0.15, 0.2) is 0 Å². The highest BCUT2D eigenvalue weighted by atomic mass is 16.3. The molecule has 0 saturated carbocycles. The highest BCUT2D eigenvalue weighted by molar-refractivity contribution is 4.62. The summed E-state index contributed by atoms with van der Waals surface area (Å²) >= 11 is 0. The zero-order chi connectivity index (χ0) is 10.6. The lowest BCUT2D eigenvalue weighted by atomic mass is 10.1. The summed E-state index contributed by atoms with van der Waals surface area (Å²) in [6.45, 7) is 5.68. The average molecular weight is 201 g/mol. The van der Waals surface area contributed by atoms with Gasteiger partial charge in [0.15, 0.2) is 0 Å². The number of hydrogen-bond donors (Lipinski definition) is 2. The van der Waals surface area contributed by atoms with E-state index in [9.17, 15) is 0 Å². The van der Waals surface area contributed by atoms with Gasteiger partial charge >= 0.3 is 0 Å². The number of aliphatic hydroxyl groups excluding tert-OH is 1. The standard InChI is InChI=1S/C12H27NO/c1-3-5-6-7-8-9-10-13-12(4-2)11-14/h12-14H,3-11H2,1-2H3/t12-/m1/s1. The van der Waals surface area contributed by atoms with Crippen LogP contribution in [0.1, 0.15) is 58.8 Å². The van der Waals surface area contributed by atoms with E-state index in [1.54, 1.807) is 0 Å². The van der Waals surface area contributed by atoms with Gasteiger partial charge in [0.2, 0.25) is 0 Å². The smallest absolute Gasteiger partial charge is 0.0584 e. The third-order valence-electron chi connectivity index (χ3n) is 2.68. The maximum Gasteiger partial charge on any atom is 0.0584 e. The zero-order valence-corrected chi connectivity index (χ0v) is 9.89. The Hall–Kier alpha value is -0.0800. The SMILES string of the molecule is CCCCCCCCN[C@H](CC)CO. The van der Waals surface area contributed by atoms with Crippen LogP contribution >= 0.6 is 0 Å². The van der Waals surface area contributed by atoms with Crippen molar-refractivity contribution in [3.05, 3.63) is 0 Å². The van der Waals surface area contributed by atoms with E-state index in [0.29, 0.717) is 6.04 Å². The van der Waals surface area contributed by atoms with E-state index < -0.39 is 0 Å². The summed E-state index contributed by atoms with van der Waals surface area (Å²) in [6.07, 6.45) is 9.04. The average Bonchev–Trinajstić information content (AvgIpc) is 2.22. The highest BCUT2D eigenvalue weighted by Gasteiger charge is 2.01. The van der Waals surface area contributed by atoms with Gasteiger partial charge in [-0.15, -0.1) is 0 Å². The molecule has 0 bridgehead atoms. The van der Waals surface area contributed by atoms with Crippen LogP contribution in [0.4, 0.5) is 0 Å². The molecule has 0 aromatic heterocycles. The molecule has 2 heteroatoms. The number of aliphatic hydroxyl groups is 1. The quantitative estimate of drug-likeness (QED) is 0.533. The van der Waals surface area contributed by atoms with Crippen LogP contribution in [0, 0.1) is 0 Å². The van der Waals surface area contributed by atoms with Crippen molar-refractivity contribution in [2.75, 3.05) is 13.2 Å². The van der Waals surface area contributed by atoms with Gasteiger partial charge in [-0.2, -0.15) is 0 Å². The Morgan fingerprint density at radius 2 is 1.64 bits per heavy atom. The fraction of sp³-hybridized carbons (Fsp3) is 1.00. The van der Waals surface area contributed by atoms with E-state index in [1.807, 2.05) is 0 Å². The Labute approximate surface area is 89.1 Å². The molecule has 0 aliphatic heterocycles. The molecule has 2 nitrogen and oxygen atoms in total. The Bertz CT molecular complexity index is 102. The Morgan fingerprint density at radius 3 is 2.21 bits per heavy atom. The zero-order valence-electron chi connectivity index (χ0n) is 9.89. The highest BCUT2D eigenvalue weighted by Crippen LogP contribution is 2.04. The molecule has 0 fully saturated rings. The second-order valence-electron chi connectivity index (χ2n) is 4.01. The maximum absolute atomic E-state index is 8.94. The largest absolute Gasteiger partial charge is 0.395 e. The van der Waals surface area contributed by atoms with Gasteiger partial charge in [0.1, 0.15) is 0 Å². The number of nitrogens with one attached hydrogen (secondary N) is 1. The fourth-order valence-corrected chi connectivity index (χ4v) is 1.55. The van der Waals surface area contributed by atoms with Crippen LogP contribution in [-0.4, -0.2) is 24.3 Å². The van der Waals surface area contributed by atoms with Crippen molar-refractivity contribution in [1.29, 1.82) is 0 Å². The predicted octanol–water partition coefficient (Wildman–Crippen LogP) is 2.71. The van der Waals surface area contributed by atoms with Crippen molar-refractivity contribution in [3.63, 3.8) is 0 Å². The number of unbranched alkanes of at least 4 members (excludes halogenated alkanes) is 5. The van der Waals surface area contributed by atoms with Crippen molar-refractivity contribution in [3.8, 4) is 0 Å². The molecule has 86 valence electrons. The maximum atomic E-state index is 8.94. The van der Waals surface area contributed by atoms with Gasteiger partial charge in [-0.05, 0) is 19.4 Å². The van der Waals surface area contributed by atoms with Gasteiger partial charge in [-0.25, -0.2) is 0 Å². The van der Waals surface area contributed by atoms with Crippen molar-refractivity contribution in [2.45, 2.75) is 64.8 Å². The van der Waals surface area contributed by atoms with Crippen molar-refractivity contribution >= 4 is 0 Å². The van der Waals surface area contributed by atoms with Crippen LogP contribution in [-0.2, 0) is 0 Å². The van der Waals surface area contributed by atoms with Crippen LogP contribution in [0.5, 0.6) is 0 Å². The molecule has 0 amide bonds. The lowest BCUT2D eigenvalue weighted by Gasteiger charge is -2.13. The van der Waals surface area contributed by atoms with E-state index in [-0.39, 0.29) is 6.61 Å². The van der Waals surface area contributed by atoms with Gasteiger partial charge in [0.05, 0.1) is 6.61 Å². The molecule has 14 heavy (non-hydrogen) atoms. The molecule has 2 N–H and O–H groups in total. The number of rotatable bonds is 10. The van der Waals surface area contributed by atoms with Gasteiger partial charge < -0.3 is 10.4 Å². The first-order valence-electron chi connectivity index (χ1n) is 6.19. The molecule has 0 radical (unpaired) electrons. The lowest BCUT2D eigenvalue weighted by molar-refractivity contribution is 0.238. The Morgan fingerprint density at radius 1 is 1.00 bits per heavy atom. The molecule has 0 aliphatic carbocycles. The summed E-state index contributed by atoms with van der Waals surface area (Å²) in [7, 11) is 0. The van der Waals surface area contributed by atoms with E-state index >= 15 is 0 Å². The van der Waals surface area contributed by atoms with Gasteiger partial charge in [0.25, 0.3) is 0 Å². The van der Waals surface area contributed by atoms with E-state index in [2.05, 4.69) is 19.2 Å². The number of hydrogen-bond acceptors (Lipinski definition) is 2. The molecule has 0 aromatic rings. The molecule has 0 aromatic carbocycles. The summed E-state index contributed by atoms with van der Waals surface area (Å²) in [6, 6.07) is 0.311. The topological polar surface area (TPSA) is 32.3 Å². The molecule has 1 atom stereocenters. The second-order valence-corrected chi connectivity index (χ2v) is 4.01. The first-order valence-corrected chi connectivity index (χ1v) is 6.19. The van der Waals surface area contributed by atoms with Crippen LogP contribution in [0.3, 0.4) is 0 Å². The Balaban J connectivity index is 3.04. The first kappa shape index (κ1) is 13.9. The van der Waals surface area contributed by atoms with Crippen LogP contribution < -0.4 is 5.32 Å². The normalized spacial score (nSPS) is 13.1. The first-order chi connectivity index (χ1) is 6.85. The van der Waals surface area contributed by atoms with E-state index in [0.717, 1.165) is 13.0 Å². The molecule has 0 spiro atoms. The summed E-state index contributed by atoms with van der Waals surface area (Å²) < 4.78 is 0. The molecule has 0 rings (SSSR count). The second kappa shape index (κ2) is 11.0. The molecule has 0 aliphatic rings. The van der Waals surface area contributed by atoms with Gasteiger partial charge in [0, 0.05) is 6.04 Å². The molecular formula is C12H27NO. The van der Waals surface area contributed by atoms with Crippen molar-refractivity contribution in [1.82, 2.24) is 5.32 Å². The molecule has 0 saturated heterocycles. The predicted molar refractivity (Wildman–Crippen MR) is 62.5 cm³/mol. The van der Waals surface area contributed by atoms with E-state index in [1.165, 1.54) is 38.5 Å². The van der Waals surface area contributed by atoms with Crippen molar-refractivity contribution < 1.29 is 5.11 Å². The van der Waals surface area contributed by atoms with E-state index in [4.69, 9.17) is 5.11 Å². The molecular weight excluding hydrogens is 174 g/mol. The van der Waals surface area contributed by atoms with Crippen molar-refractivity contribution in [2.24, 2.45) is 0 Å². The summed E-state index contributed by atoms with van der Waals surface area (Å²) in [5, 5.41) is 12.3. The van der Waals surface area contributed by atoms with Crippen LogP contribution in [0.25, 0.3) is 0 Å². The minimum Gasteiger partial charge on any atom is -0.395 e. The third kappa shape index (κ3) is 8.52. The molecule has 0 heterocycles. The Kier molecular flexibility index (Phi) is 10.9. The molecule has 0 unspecified atom stereocenters. The monoisotopic (exact) mass is 201 g/mol. The van der Waals surface area contributed by atoms with Gasteiger partial charge in [-0.3, -0.25) is 0 Å². The minimum atomic E-state index is 0.270. The lowest BCUT2D eigenvalue weighted by Crippen LogP contribution is -2.32. The summed E-state index contributed by atoms with van der Waals surface area (Å²) in [5.41, 5.74) is 0. The summed E-state index contributed by atoms with van der Waals surface area (Å²) in [4.78, 5) is 0. The third-order valence-corrected chi connectivity index (χ3v) is 2.68. The van der Waals surface area contributed by atoms with Crippen LogP contribution in [0.2, 0.25) is 0 Å².